The molecule has 0 fully saturated rings. The predicted octanol–water partition coefficient (Wildman–Crippen LogP) is 1.76. The van der Waals surface area contributed by atoms with Gasteiger partial charge in [-0.1, -0.05) is 12.1 Å². The molecule has 0 amide bonds. The first-order valence-electron chi connectivity index (χ1n) is 6.05. The standard InChI is InChI=1S/C14H12N2O4S2/c1-21(17,18)13-6-3-7-14(9-13)22(19,20)16-12-5-2-4-11(8-12)10-15/h2-9,16H,1H3. The second-order valence-electron chi connectivity index (χ2n) is 4.55. The molecule has 0 aliphatic heterocycles. The number of hydrogen-bond acceptors (Lipinski definition) is 5. The Hall–Kier alpha value is -2.37. The first kappa shape index (κ1) is 16.0. The highest BCUT2D eigenvalue weighted by atomic mass is 32.2. The van der Waals surface area contributed by atoms with E-state index in [9.17, 15) is 16.8 Å². The molecule has 114 valence electrons. The van der Waals surface area contributed by atoms with E-state index in [1.54, 1.807) is 12.1 Å². The molecular formula is C14H12N2O4S2. The summed E-state index contributed by atoms with van der Waals surface area (Å²) in [5.74, 6) is 0. The van der Waals surface area contributed by atoms with Crippen molar-refractivity contribution in [1.29, 1.82) is 5.26 Å². The lowest BCUT2D eigenvalue weighted by molar-refractivity contribution is 0.599. The molecule has 0 unspecified atom stereocenters. The zero-order chi connectivity index (χ0) is 16.4. The van der Waals surface area contributed by atoms with Crippen molar-refractivity contribution in [3.05, 3.63) is 54.1 Å². The molecule has 2 rings (SSSR count). The highest BCUT2D eigenvalue weighted by Crippen LogP contribution is 2.19. The lowest BCUT2D eigenvalue weighted by Crippen LogP contribution is -2.13. The maximum atomic E-state index is 12.3. The summed E-state index contributed by atoms with van der Waals surface area (Å²) in [7, 11) is -7.45. The van der Waals surface area contributed by atoms with Crippen LogP contribution in [0.1, 0.15) is 5.56 Å². The lowest BCUT2D eigenvalue weighted by Gasteiger charge is -2.09. The Kier molecular flexibility index (Phi) is 4.21. The van der Waals surface area contributed by atoms with E-state index in [0.29, 0.717) is 5.56 Å². The van der Waals surface area contributed by atoms with Crippen molar-refractivity contribution in [2.75, 3.05) is 11.0 Å². The quantitative estimate of drug-likeness (QED) is 0.916. The van der Waals surface area contributed by atoms with Crippen LogP contribution in [-0.4, -0.2) is 23.1 Å². The van der Waals surface area contributed by atoms with Gasteiger partial charge in [-0.3, -0.25) is 4.72 Å². The van der Waals surface area contributed by atoms with Gasteiger partial charge in [0.1, 0.15) is 0 Å². The zero-order valence-corrected chi connectivity index (χ0v) is 13.1. The molecule has 1 N–H and O–H groups in total. The molecule has 22 heavy (non-hydrogen) atoms. The van der Waals surface area contributed by atoms with Crippen molar-refractivity contribution in [2.24, 2.45) is 0 Å². The van der Waals surface area contributed by atoms with Gasteiger partial charge in [-0.25, -0.2) is 16.8 Å². The second-order valence-corrected chi connectivity index (χ2v) is 8.24. The van der Waals surface area contributed by atoms with E-state index in [-0.39, 0.29) is 15.5 Å². The normalized spacial score (nSPS) is 11.6. The van der Waals surface area contributed by atoms with Gasteiger partial charge in [0.15, 0.2) is 9.84 Å². The highest BCUT2D eigenvalue weighted by Gasteiger charge is 2.17. The van der Waals surface area contributed by atoms with Crippen LogP contribution in [0.4, 0.5) is 5.69 Å². The minimum absolute atomic E-state index is 0.0823. The Balaban J connectivity index is 2.41. The maximum Gasteiger partial charge on any atom is 0.261 e. The van der Waals surface area contributed by atoms with Crippen LogP contribution < -0.4 is 4.72 Å². The SMILES string of the molecule is CS(=O)(=O)c1cccc(S(=O)(=O)Nc2cccc(C#N)c2)c1. The van der Waals surface area contributed by atoms with Crippen LogP contribution >= 0.6 is 0 Å². The van der Waals surface area contributed by atoms with Gasteiger partial charge in [0, 0.05) is 6.26 Å². The summed E-state index contributed by atoms with van der Waals surface area (Å²) in [6.07, 6.45) is 1.00. The number of nitrogens with one attached hydrogen (secondary N) is 1. The van der Waals surface area contributed by atoms with Crippen LogP contribution in [0.2, 0.25) is 0 Å². The Morgan fingerprint density at radius 2 is 1.59 bits per heavy atom. The van der Waals surface area contributed by atoms with Crippen molar-refractivity contribution in [3.63, 3.8) is 0 Å². The molecule has 0 aromatic heterocycles. The van der Waals surface area contributed by atoms with Gasteiger partial charge in [0.05, 0.1) is 27.1 Å². The van der Waals surface area contributed by atoms with Gasteiger partial charge >= 0.3 is 0 Å². The average Bonchev–Trinajstić information content (AvgIpc) is 2.46. The molecule has 6 nitrogen and oxygen atoms in total. The molecule has 0 saturated carbocycles. The minimum Gasteiger partial charge on any atom is -0.280 e. The van der Waals surface area contributed by atoms with E-state index in [0.717, 1.165) is 12.3 Å². The van der Waals surface area contributed by atoms with Crippen LogP contribution in [0.15, 0.2) is 58.3 Å². The number of hydrogen-bond donors (Lipinski definition) is 1. The number of nitrogens with zero attached hydrogens (tertiary/aromatic N) is 1. The number of benzene rings is 2. The molecule has 0 saturated heterocycles. The van der Waals surface area contributed by atoms with E-state index in [2.05, 4.69) is 4.72 Å². The molecule has 0 bridgehead atoms. The van der Waals surface area contributed by atoms with Crippen molar-refractivity contribution in [2.45, 2.75) is 9.79 Å². The summed E-state index contributed by atoms with van der Waals surface area (Å²) >= 11 is 0. The zero-order valence-electron chi connectivity index (χ0n) is 11.5. The monoisotopic (exact) mass is 336 g/mol. The number of sulfonamides is 1. The van der Waals surface area contributed by atoms with E-state index < -0.39 is 19.9 Å². The largest absolute Gasteiger partial charge is 0.280 e. The molecule has 0 aliphatic carbocycles. The fourth-order valence-corrected chi connectivity index (χ4v) is 3.57. The van der Waals surface area contributed by atoms with Gasteiger partial charge in [0.2, 0.25) is 0 Å². The molecule has 8 heteroatoms. The second kappa shape index (κ2) is 5.79. The molecular weight excluding hydrogens is 324 g/mol. The van der Waals surface area contributed by atoms with Gasteiger partial charge < -0.3 is 0 Å². The molecule has 0 spiro atoms. The van der Waals surface area contributed by atoms with Gasteiger partial charge in [-0.05, 0) is 36.4 Å². The van der Waals surface area contributed by atoms with Crippen LogP contribution in [-0.2, 0) is 19.9 Å². The van der Waals surface area contributed by atoms with Crippen molar-refractivity contribution < 1.29 is 16.8 Å². The summed E-state index contributed by atoms with van der Waals surface area (Å²) in [5, 5.41) is 8.81. The first-order valence-corrected chi connectivity index (χ1v) is 9.43. The third-order valence-corrected chi connectivity index (χ3v) is 5.28. The summed E-state index contributed by atoms with van der Waals surface area (Å²) in [4.78, 5) is -0.251. The Morgan fingerprint density at radius 3 is 2.23 bits per heavy atom. The summed E-state index contributed by atoms with van der Waals surface area (Å²) in [6.45, 7) is 0. The van der Waals surface area contributed by atoms with Crippen LogP contribution in [0.3, 0.4) is 0 Å². The molecule has 0 radical (unpaired) electrons. The average molecular weight is 336 g/mol. The smallest absolute Gasteiger partial charge is 0.261 e. The van der Waals surface area contributed by atoms with E-state index in [4.69, 9.17) is 5.26 Å². The van der Waals surface area contributed by atoms with E-state index >= 15 is 0 Å². The van der Waals surface area contributed by atoms with Crippen LogP contribution in [0.25, 0.3) is 0 Å². The van der Waals surface area contributed by atoms with Crippen LogP contribution in [0, 0.1) is 11.3 Å². The topological polar surface area (TPSA) is 104 Å². The maximum absolute atomic E-state index is 12.3. The summed E-state index contributed by atoms with van der Waals surface area (Å²) in [5.41, 5.74) is 0.536. The Bertz CT molecular complexity index is 958. The summed E-state index contributed by atoms with van der Waals surface area (Å²) < 4.78 is 49.9. The molecule has 0 heterocycles. The number of sulfone groups is 1. The fraction of sp³-hybridized carbons (Fsp3) is 0.0714. The Labute approximate surface area is 129 Å². The molecule has 2 aromatic carbocycles. The Morgan fingerprint density at radius 1 is 0.955 bits per heavy atom. The third kappa shape index (κ3) is 3.63. The van der Waals surface area contributed by atoms with Crippen molar-refractivity contribution in [3.8, 4) is 6.07 Å². The predicted molar refractivity (Wildman–Crippen MR) is 81.5 cm³/mol. The number of nitriles is 1. The lowest BCUT2D eigenvalue weighted by atomic mass is 10.2. The van der Waals surface area contributed by atoms with Crippen molar-refractivity contribution in [1.82, 2.24) is 0 Å². The van der Waals surface area contributed by atoms with Gasteiger partial charge in [0.25, 0.3) is 10.0 Å². The highest BCUT2D eigenvalue weighted by molar-refractivity contribution is 7.93. The fourth-order valence-electron chi connectivity index (χ4n) is 1.74. The van der Waals surface area contributed by atoms with Crippen LogP contribution in [0.5, 0.6) is 0 Å². The first-order chi connectivity index (χ1) is 10.2. The molecule has 2 aromatic rings. The van der Waals surface area contributed by atoms with Crippen molar-refractivity contribution >= 4 is 25.5 Å². The summed E-state index contributed by atoms with van der Waals surface area (Å²) in [6, 6.07) is 12.9. The molecule has 0 atom stereocenters. The molecule has 0 aliphatic rings. The van der Waals surface area contributed by atoms with Gasteiger partial charge in [-0.15, -0.1) is 0 Å². The number of rotatable bonds is 4. The minimum atomic E-state index is -3.94. The number of anilines is 1. The van der Waals surface area contributed by atoms with Gasteiger partial charge in [-0.2, -0.15) is 5.26 Å². The van der Waals surface area contributed by atoms with E-state index in [1.807, 2.05) is 6.07 Å². The third-order valence-electron chi connectivity index (χ3n) is 2.79. The van der Waals surface area contributed by atoms with E-state index in [1.165, 1.54) is 30.3 Å².